The van der Waals surface area contributed by atoms with Crippen molar-refractivity contribution in [3.05, 3.63) is 46.0 Å². The zero-order valence-electron chi connectivity index (χ0n) is 21.0. The van der Waals surface area contributed by atoms with E-state index in [1.54, 1.807) is 29.5 Å². The number of nitrogens with two attached hydrogens (primary N) is 1. The summed E-state index contributed by atoms with van der Waals surface area (Å²) < 4.78 is 30.8. The van der Waals surface area contributed by atoms with E-state index >= 15 is 0 Å². The Bertz CT molecular complexity index is 1620. The molecule has 0 aromatic carbocycles. The highest BCUT2D eigenvalue weighted by Crippen LogP contribution is 2.43. The number of fused-ring (bicyclic) bond motifs is 1. The molecule has 0 bridgehead atoms. The zero-order chi connectivity index (χ0) is 27.3. The molecule has 0 spiro atoms. The summed E-state index contributed by atoms with van der Waals surface area (Å²) in [6.07, 6.45) is -0.147. The Hall–Kier alpha value is -4.20. The molecule has 0 aliphatic carbocycles. The predicted molar refractivity (Wildman–Crippen MR) is 137 cm³/mol. The first-order valence-electron chi connectivity index (χ1n) is 11.7. The lowest BCUT2D eigenvalue weighted by Crippen LogP contribution is -2.29. The smallest absolute Gasteiger partial charge is 0.280 e. The number of nitrogens with zero attached hydrogens (tertiary/aromatic N) is 6. The Balaban J connectivity index is 1.54. The van der Waals surface area contributed by atoms with Gasteiger partial charge in [-0.05, 0) is 32.4 Å². The summed E-state index contributed by atoms with van der Waals surface area (Å²) in [7, 11) is 1.70. The number of hydrogen-bond acceptors (Lipinski definition) is 8. The summed E-state index contributed by atoms with van der Waals surface area (Å²) in [5.41, 5.74) is 8.82. The van der Waals surface area contributed by atoms with Crippen LogP contribution in [0.1, 0.15) is 52.1 Å². The molecular weight excluding hydrogens is 518 g/mol. The van der Waals surface area contributed by atoms with Gasteiger partial charge in [0, 0.05) is 48.9 Å². The highest BCUT2D eigenvalue weighted by molar-refractivity contribution is 7.21. The van der Waals surface area contributed by atoms with Crippen LogP contribution in [0.2, 0.25) is 0 Å². The van der Waals surface area contributed by atoms with Crippen molar-refractivity contribution in [3.63, 3.8) is 0 Å². The van der Waals surface area contributed by atoms with Crippen molar-refractivity contribution in [2.75, 3.05) is 5.32 Å². The predicted octanol–water partition coefficient (Wildman–Crippen LogP) is 3.70. The van der Waals surface area contributed by atoms with Crippen molar-refractivity contribution >= 4 is 44.8 Å². The molecule has 1 aliphatic rings. The van der Waals surface area contributed by atoms with E-state index in [4.69, 9.17) is 10.6 Å². The molecule has 3 N–H and O–H groups in total. The Labute approximate surface area is 219 Å². The lowest BCUT2D eigenvalue weighted by atomic mass is 10.0. The number of anilines is 1. The number of aryl methyl sites for hydroxylation is 4. The van der Waals surface area contributed by atoms with Gasteiger partial charge in [0.25, 0.3) is 18.2 Å². The quantitative estimate of drug-likeness (QED) is 0.365. The third kappa shape index (κ3) is 4.40. The van der Waals surface area contributed by atoms with Crippen LogP contribution in [0.4, 0.5) is 14.5 Å². The van der Waals surface area contributed by atoms with E-state index in [-0.39, 0.29) is 21.8 Å². The molecule has 0 radical (unpaired) electrons. The summed E-state index contributed by atoms with van der Waals surface area (Å²) in [5.74, 6) is -1.40. The maximum atomic E-state index is 13.7. The van der Waals surface area contributed by atoms with Gasteiger partial charge < -0.3 is 15.9 Å². The Morgan fingerprint density at radius 1 is 1.21 bits per heavy atom. The van der Waals surface area contributed by atoms with Crippen molar-refractivity contribution in [1.29, 1.82) is 0 Å². The van der Waals surface area contributed by atoms with Crippen LogP contribution < -0.4 is 11.1 Å². The molecule has 1 atom stereocenters. The molecule has 38 heavy (non-hydrogen) atoms. The van der Waals surface area contributed by atoms with Gasteiger partial charge in [-0.15, -0.1) is 11.3 Å². The van der Waals surface area contributed by atoms with E-state index in [0.29, 0.717) is 34.5 Å². The summed E-state index contributed by atoms with van der Waals surface area (Å²) in [6, 6.07) is 1.24. The maximum absolute atomic E-state index is 13.7. The van der Waals surface area contributed by atoms with Gasteiger partial charge in [0.1, 0.15) is 15.4 Å². The number of halogens is 2. The highest BCUT2D eigenvalue weighted by atomic mass is 32.1. The molecule has 11 nitrogen and oxygen atoms in total. The molecule has 0 saturated heterocycles. The van der Waals surface area contributed by atoms with E-state index in [2.05, 4.69) is 25.7 Å². The van der Waals surface area contributed by atoms with Crippen LogP contribution in [0.15, 0.2) is 23.6 Å². The molecule has 14 heteroatoms. The molecule has 198 valence electrons. The normalized spacial score (nSPS) is 15.2. The summed E-state index contributed by atoms with van der Waals surface area (Å²) >= 11 is 0.833. The van der Waals surface area contributed by atoms with Crippen LogP contribution in [-0.2, 0) is 23.2 Å². The molecule has 1 unspecified atom stereocenters. The van der Waals surface area contributed by atoms with E-state index in [9.17, 15) is 18.4 Å². The maximum Gasteiger partial charge on any atom is 0.280 e. The van der Waals surface area contributed by atoms with Crippen LogP contribution in [0, 0.1) is 13.8 Å². The van der Waals surface area contributed by atoms with Gasteiger partial charge in [-0.3, -0.25) is 19.0 Å². The minimum Gasteiger partial charge on any atom is -0.382 e. The number of primary amides is 1. The average Bonchev–Trinajstić information content (AvgIpc) is 3.63. The number of oxime groups is 1. The summed E-state index contributed by atoms with van der Waals surface area (Å²) in [5, 5.41) is 15.8. The van der Waals surface area contributed by atoms with Crippen LogP contribution in [0.3, 0.4) is 0 Å². The van der Waals surface area contributed by atoms with Crippen molar-refractivity contribution in [2.24, 2.45) is 17.9 Å². The Kier molecular flexibility index (Phi) is 6.42. The van der Waals surface area contributed by atoms with E-state index in [1.807, 2.05) is 20.0 Å². The highest BCUT2D eigenvalue weighted by Gasteiger charge is 2.33. The first-order chi connectivity index (χ1) is 18.1. The number of carbonyl (C=O) groups excluding carboxylic acids is 2. The molecule has 5 heterocycles. The molecule has 0 saturated carbocycles. The van der Waals surface area contributed by atoms with E-state index < -0.39 is 30.0 Å². The fourth-order valence-corrected chi connectivity index (χ4v) is 5.46. The molecule has 0 fully saturated rings. The van der Waals surface area contributed by atoms with Crippen molar-refractivity contribution in [3.8, 4) is 11.1 Å². The number of carbonyl (C=O) groups is 2. The number of pyridine rings is 1. The van der Waals surface area contributed by atoms with Gasteiger partial charge in [0.2, 0.25) is 6.10 Å². The standard InChI is InChI=1S/C24H24F2N8O3S/c1-5-34-9-14(11(3)31-34)15-7-17(37-32-15)23(36)29-19-18-12(13-8-33(4)30-10(13)2)6-16(21(25)26)28-24(18)38-20(19)22(27)35/h6,8-9,17,21H,5,7H2,1-4H3,(H2,27,35)(H,29,36). The fourth-order valence-electron chi connectivity index (χ4n) is 4.44. The second kappa shape index (κ2) is 9.59. The number of thiophene rings is 1. The molecule has 5 rings (SSSR count). The number of aromatic nitrogens is 5. The van der Waals surface area contributed by atoms with Gasteiger partial charge in [-0.1, -0.05) is 5.16 Å². The third-order valence-corrected chi connectivity index (χ3v) is 7.32. The Morgan fingerprint density at radius 3 is 2.55 bits per heavy atom. The van der Waals surface area contributed by atoms with Gasteiger partial charge in [-0.25, -0.2) is 13.8 Å². The Morgan fingerprint density at radius 2 is 1.95 bits per heavy atom. The van der Waals surface area contributed by atoms with Gasteiger partial charge in [-0.2, -0.15) is 10.2 Å². The van der Waals surface area contributed by atoms with Crippen molar-refractivity contribution < 1.29 is 23.2 Å². The van der Waals surface area contributed by atoms with E-state index in [1.165, 1.54) is 6.07 Å². The average molecular weight is 543 g/mol. The molecule has 2 amide bonds. The van der Waals surface area contributed by atoms with Crippen LogP contribution in [0.5, 0.6) is 0 Å². The molecule has 4 aromatic rings. The van der Waals surface area contributed by atoms with E-state index in [0.717, 1.165) is 22.6 Å². The summed E-state index contributed by atoms with van der Waals surface area (Å²) in [4.78, 5) is 35.3. The topological polar surface area (TPSA) is 142 Å². The van der Waals surface area contributed by atoms with Gasteiger partial charge in [0.15, 0.2) is 0 Å². The zero-order valence-corrected chi connectivity index (χ0v) is 21.8. The molecule has 4 aromatic heterocycles. The van der Waals surface area contributed by atoms with Crippen LogP contribution in [0.25, 0.3) is 21.3 Å². The number of rotatable bonds is 7. The number of nitrogens with one attached hydrogen (secondary N) is 1. The molecular formula is C24H24F2N8O3S. The minimum absolute atomic E-state index is 0.0192. The monoisotopic (exact) mass is 542 g/mol. The second-order valence-electron chi connectivity index (χ2n) is 8.86. The van der Waals surface area contributed by atoms with Crippen molar-refractivity contribution in [1.82, 2.24) is 24.5 Å². The second-order valence-corrected chi connectivity index (χ2v) is 9.86. The number of amides is 2. The van der Waals surface area contributed by atoms with Gasteiger partial charge >= 0.3 is 0 Å². The first kappa shape index (κ1) is 25.4. The fraction of sp³-hybridized carbons (Fsp3) is 0.333. The number of alkyl halides is 2. The van der Waals surface area contributed by atoms with Crippen LogP contribution in [-0.4, -0.2) is 48.2 Å². The minimum atomic E-state index is -2.85. The largest absolute Gasteiger partial charge is 0.382 e. The number of hydrogen-bond donors (Lipinski definition) is 2. The lowest BCUT2D eigenvalue weighted by molar-refractivity contribution is -0.125. The summed E-state index contributed by atoms with van der Waals surface area (Å²) in [6.45, 7) is 6.22. The SMILES string of the molecule is CCn1cc(C2=NOC(C(=O)Nc3c(C(N)=O)sc4nc(C(F)F)cc(-c5cn(C)nc5C)c34)C2)c(C)n1. The van der Waals surface area contributed by atoms with Crippen molar-refractivity contribution in [2.45, 2.75) is 46.3 Å². The third-order valence-electron chi connectivity index (χ3n) is 6.22. The van der Waals surface area contributed by atoms with Crippen LogP contribution >= 0.6 is 11.3 Å². The molecule has 1 aliphatic heterocycles. The first-order valence-corrected chi connectivity index (χ1v) is 12.5. The lowest BCUT2D eigenvalue weighted by Gasteiger charge is -2.12. The van der Waals surface area contributed by atoms with Gasteiger partial charge in [0.05, 0.1) is 22.8 Å².